The van der Waals surface area contributed by atoms with Crippen LogP contribution in [0.3, 0.4) is 0 Å². The van der Waals surface area contributed by atoms with Crippen LogP contribution in [-0.2, 0) is 9.59 Å². The zero-order valence-corrected chi connectivity index (χ0v) is 13.7. The van der Waals surface area contributed by atoms with E-state index in [0.29, 0.717) is 29.3 Å². The van der Waals surface area contributed by atoms with Gasteiger partial charge in [-0.1, -0.05) is 11.5 Å². The van der Waals surface area contributed by atoms with Crippen molar-refractivity contribution in [1.82, 2.24) is 4.90 Å². The molecule has 1 aliphatic rings. The summed E-state index contributed by atoms with van der Waals surface area (Å²) in [5, 5.41) is 3.59. The lowest BCUT2D eigenvalue weighted by Crippen LogP contribution is -2.39. The topological polar surface area (TPSA) is 49.4 Å². The number of nitrogens with zero attached hydrogens (tertiary/aromatic N) is 1. The van der Waals surface area contributed by atoms with Gasteiger partial charge in [0.1, 0.15) is 13.7 Å². The van der Waals surface area contributed by atoms with Crippen LogP contribution in [0.15, 0.2) is 28.8 Å². The van der Waals surface area contributed by atoms with Gasteiger partial charge >= 0.3 is 0 Å². The van der Waals surface area contributed by atoms with Gasteiger partial charge in [-0.05, 0) is 18.4 Å². The van der Waals surface area contributed by atoms with Crippen molar-refractivity contribution in [3.63, 3.8) is 0 Å². The number of carbonyl (C=O) groups excluding carboxylic acids is 2. The molecular weight excluding hydrogens is 302 g/mol. The normalized spacial score (nSPS) is 17.4. The second kappa shape index (κ2) is 7.00. The molecule has 0 spiro atoms. The van der Waals surface area contributed by atoms with Gasteiger partial charge in [-0.25, -0.2) is 4.39 Å². The van der Waals surface area contributed by atoms with E-state index in [1.54, 1.807) is 17.0 Å². The van der Waals surface area contributed by atoms with Crippen molar-refractivity contribution >= 4 is 42.4 Å². The third kappa shape index (κ3) is 3.71. The van der Waals surface area contributed by atoms with Gasteiger partial charge < -0.3 is 10.2 Å². The van der Waals surface area contributed by atoms with E-state index in [-0.39, 0.29) is 24.1 Å². The molecule has 4 nitrogen and oxygen atoms in total. The van der Waals surface area contributed by atoms with Crippen molar-refractivity contribution < 1.29 is 14.0 Å². The first-order valence-electron chi connectivity index (χ1n) is 7.01. The van der Waals surface area contributed by atoms with Crippen LogP contribution in [0.5, 0.6) is 0 Å². The Bertz CT molecular complexity index is 648. The van der Waals surface area contributed by atoms with Gasteiger partial charge in [0, 0.05) is 25.5 Å². The summed E-state index contributed by atoms with van der Waals surface area (Å²) in [4.78, 5) is 25.3. The number of halogens is 1. The van der Waals surface area contributed by atoms with Crippen LogP contribution in [0.2, 0.25) is 0 Å². The number of ketones is 1. The van der Waals surface area contributed by atoms with Crippen molar-refractivity contribution in [3.05, 3.63) is 34.6 Å². The summed E-state index contributed by atoms with van der Waals surface area (Å²) in [6, 6.07) is 4.89. The number of rotatable bonds is 3. The third-order valence-corrected chi connectivity index (χ3v) is 4.35. The van der Waals surface area contributed by atoms with Crippen LogP contribution in [0.4, 0.5) is 10.1 Å². The third-order valence-electron chi connectivity index (χ3n) is 3.59. The fraction of sp³-hybridized carbons (Fsp3) is 0.333. The summed E-state index contributed by atoms with van der Waals surface area (Å²) < 4.78 is 14.0. The summed E-state index contributed by atoms with van der Waals surface area (Å²) in [5.74, 6) is -0.423. The molecule has 0 unspecified atom stereocenters. The second-order valence-corrected chi connectivity index (χ2v) is 6.05. The van der Waals surface area contributed by atoms with Gasteiger partial charge in [0.05, 0.1) is 17.3 Å². The standard InChI is InChI=1S/C15H18BFN2O2S/c1-9(20)19-6-5-14(21)11(8-19)15(22-2)18-13-4-3-10(16)7-12(13)17/h3-4,7,18H,5-6,8,16H2,1-2H3/b15-11-. The average Bonchev–Trinajstić information content (AvgIpc) is 2.47. The number of thioether (sulfide) groups is 1. The number of hydrogen-bond acceptors (Lipinski definition) is 4. The Hall–Kier alpha value is -1.76. The first-order valence-corrected chi connectivity index (χ1v) is 8.24. The summed E-state index contributed by atoms with van der Waals surface area (Å²) in [6.45, 7) is 2.20. The molecule has 0 atom stereocenters. The molecule has 0 radical (unpaired) electrons. The molecule has 1 aromatic rings. The number of benzene rings is 1. The van der Waals surface area contributed by atoms with Gasteiger partial charge in [0.15, 0.2) is 5.78 Å². The highest BCUT2D eigenvalue weighted by atomic mass is 32.2. The highest BCUT2D eigenvalue weighted by Gasteiger charge is 2.26. The van der Waals surface area contributed by atoms with Gasteiger partial charge in [-0.15, -0.1) is 11.8 Å². The summed E-state index contributed by atoms with van der Waals surface area (Å²) in [5.41, 5.74) is 1.70. The van der Waals surface area contributed by atoms with Crippen LogP contribution in [0.25, 0.3) is 0 Å². The van der Waals surface area contributed by atoms with Crippen LogP contribution >= 0.6 is 11.8 Å². The number of piperidine rings is 1. The summed E-state index contributed by atoms with van der Waals surface area (Å²) in [6.07, 6.45) is 2.12. The monoisotopic (exact) mass is 320 g/mol. The van der Waals surface area contributed by atoms with E-state index in [2.05, 4.69) is 5.32 Å². The predicted molar refractivity (Wildman–Crippen MR) is 90.6 cm³/mol. The summed E-state index contributed by atoms with van der Waals surface area (Å²) >= 11 is 1.34. The second-order valence-electron chi connectivity index (χ2n) is 5.23. The Morgan fingerprint density at radius 2 is 2.18 bits per heavy atom. The van der Waals surface area contributed by atoms with Crippen LogP contribution < -0.4 is 10.8 Å². The largest absolute Gasteiger partial charge is 0.347 e. The lowest BCUT2D eigenvalue weighted by Gasteiger charge is -2.28. The summed E-state index contributed by atoms with van der Waals surface area (Å²) in [7, 11) is 1.82. The molecule has 1 amide bonds. The Kier molecular flexibility index (Phi) is 5.29. The molecule has 1 aliphatic heterocycles. The molecule has 1 N–H and O–H groups in total. The Labute approximate surface area is 134 Å². The van der Waals surface area contributed by atoms with Crippen molar-refractivity contribution in [2.45, 2.75) is 13.3 Å². The first kappa shape index (κ1) is 16.6. The van der Waals surface area contributed by atoms with Gasteiger partial charge in [-0.3, -0.25) is 9.59 Å². The van der Waals surface area contributed by atoms with Crippen molar-refractivity contribution in [1.29, 1.82) is 0 Å². The van der Waals surface area contributed by atoms with Crippen molar-refractivity contribution in [3.8, 4) is 0 Å². The Morgan fingerprint density at radius 1 is 1.45 bits per heavy atom. The SMILES string of the molecule is Bc1ccc(N/C(SC)=C2\CN(C(C)=O)CCC2=O)c(F)c1. The van der Waals surface area contributed by atoms with E-state index in [0.717, 1.165) is 5.46 Å². The maximum Gasteiger partial charge on any atom is 0.219 e. The molecule has 0 bridgehead atoms. The fourth-order valence-corrected chi connectivity index (χ4v) is 2.94. The molecule has 22 heavy (non-hydrogen) atoms. The highest BCUT2D eigenvalue weighted by Crippen LogP contribution is 2.26. The first-order chi connectivity index (χ1) is 10.4. The predicted octanol–water partition coefficient (Wildman–Crippen LogP) is 0.892. The molecule has 0 aromatic heterocycles. The van der Waals surface area contributed by atoms with Crippen LogP contribution in [-0.4, -0.2) is 43.8 Å². The maximum atomic E-state index is 14.0. The van der Waals surface area contributed by atoms with Gasteiger partial charge in [0.2, 0.25) is 5.91 Å². The molecule has 2 rings (SSSR count). The lowest BCUT2D eigenvalue weighted by molar-refractivity contribution is -0.130. The minimum Gasteiger partial charge on any atom is -0.347 e. The van der Waals surface area contributed by atoms with E-state index in [1.807, 2.05) is 14.1 Å². The highest BCUT2D eigenvalue weighted by molar-refractivity contribution is 8.02. The molecule has 0 aliphatic carbocycles. The Balaban J connectivity index is 2.31. The lowest BCUT2D eigenvalue weighted by atomic mass is 9.96. The van der Waals surface area contributed by atoms with Crippen molar-refractivity contribution in [2.24, 2.45) is 0 Å². The molecule has 1 heterocycles. The van der Waals surface area contributed by atoms with E-state index < -0.39 is 0 Å². The van der Waals surface area contributed by atoms with E-state index in [4.69, 9.17) is 0 Å². The number of amides is 1. The van der Waals surface area contributed by atoms with E-state index >= 15 is 0 Å². The molecule has 116 valence electrons. The molecule has 7 heteroatoms. The molecule has 1 aromatic carbocycles. The van der Waals surface area contributed by atoms with E-state index in [9.17, 15) is 14.0 Å². The van der Waals surface area contributed by atoms with Crippen molar-refractivity contribution in [2.75, 3.05) is 24.7 Å². The van der Waals surface area contributed by atoms with Crippen LogP contribution in [0, 0.1) is 5.82 Å². The smallest absolute Gasteiger partial charge is 0.219 e. The Morgan fingerprint density at radius 3 is 2.77 bits per heavy atom. The van der Waals surface area contributed by atoms with Gasteiger partial charge in [-0.2, -0.15) is 0 Å². The van der Waals surface area contributed by atoms with E-state index in [1.165, 1.54) is 24.8 Å². The zero-order valence-electron chi connectivity index (χ0n) is 12.9. The minimum absolute atomic E-state index is 0.00173. The average molecular weight is 320 g/mol. The zero-order chi connectivity index (χ0) is 16.3. The minimum atomic E-state index is -0.362. The quantitative estimate of drug-likeness (QED) is 0.664. The molecule has 1 saturated heterocycles. The van der Waals surface area contributed by atoms with Gasteiger partial charge in [0.25, 0.3) is 0 Å². The number of likely N-dealkylation sites (tertiary alicyclic amines) is 1. The number of hydrogen-bond donors (Lipinski definition) is 1. The maximum absolute atomic E-state index is 14.0. The number of Topliss-reactive ketones (excluding diaryl/α,β-unsaturated/α-hetero) is 1. The number of anilines is 1. The molecule has 1 fully saturated rings. The molecule has 0 saturated carbocycles. The van der Waals surface area contributed by atoms with Crippen LogP contribution in [0.1, 0.15) is 13.3 Å². The fourth-order valence-electron chi connectivity index (χ4n) is 2.31. The number of carbonyl (C=O) groups is 2. The number of nitrogens with one attached hydrogen (secondary N) is 1. The molecular formula is C15H18BFN2O2S.